The standard InChI is InChI=1S/C13H17BrO4S/c1-13(2,3)19(16,17)8-11(15)9-5-6-12(18-4)10(14)7-9/h5-7H,8H2,1-4H3. The summed E-state index contributed by atoms with van der Waals surface area (Å²) in [7, 11) is -1.95. The van der Waals surface area contributed by atoms with Crippen LogP contribution in [0, 0.1) is 0 Å². The Bertz CT molecular complexity index is 585. The van der Waals surface area contributed by atoms with Crippen LogP contribution in [0.25, 0.3) is 0 Å². The summed E-state index contributed by atoms with van der Waals surface area (Å²) >= 11 is 3.27. The van der Waals surface area contributed by atoms with Gasteiger partial charge in [0.2, 0.25) is 0 Å². The molecule has 0 atom stereocenters. The first-order valence-corrected chi connectivity index (χ1v) is 8.12. The van der Waals surface area contributed by atoms with Gasteiger partial charge in [-0.15, -0.1) is 0 Å². The molecule has 0 radical (unpaired) electrons. The van der Waals surface area contributed by atoms with E-state index in [1.54, 1.807) is 39.0 Å². The smallest absolute Gasteiger partial charge is 0.177 e. The fourth-order valence-electron chi connectivity index (χ4n) is 1.31. The van der Waals surface area contributed by atoms with Gasteiger partial charge in [0, 0.05) is 5.56 Å². The molecule has 106 valence electrons. The second-order valence-electron chi connectivity index (χ2n) is 5.14. The molecule has 0 bridgehead atoms. The zero-order valence-electron chi connectivity index (χ0n) is 11.4. The van der Waals surface area contributed by atoms with Gasteiger partial charge in [-0.2, -0.15) is 0 Å². The fourth-order valence-corrected chi connectivity index (χ4v) is 2.80. The number of halogens is 1. The fraction of sp³-hybridized carbons (Fsp3) is 0.462. The van der Waals surface area contributed by atoms with Crippen LogP contribution in [0.2, 0.25) is 0 Å². The van der Waals surface area contributed by atoms with Crippen molar-refractivity contribution in [2.24, 2.45) is 0 Å². The molecule has 1 rings (SSSR count). The highest BCUT2D eigenvalue weighted by Gasteiger charge is 2.31. The Morgan fingerprint density at radius 1 is 1.32 bits per heavy atom. The average Bonchev–Trinajstić information content (AvgIpc) is 2.26. The van der Waals surface area contributed by atoms with Crippen molar-refractivity contribution in [2.75, 3.05) is 12.9 Å². The van der Waals surface area contributed by atoms with E-state index in [4.69, 9.17) is 4.74 Å². The lowest BCUT2D eigenvalue weighted by atomic mass is 10.1. The van der Waals surface area contributed by atoms with E-state index < -0.39 is 26.1 Å². The van der Waals surface area contributed by atoms with Crippen LogP contribution in [-0.2, 0) is 9.84 Å². The summed E-state index contributed by atoms with van der Waals surface area (Å²) in [6.45, 7) is 4.75. The number of carbonyl (C=O) groups excluding carboxylic acids is 1. The van der Waals surface area contributed by atoms with Crippen LogP contribution < -0.4 is 4.74 Å². The van der Waals surface area contributed by atoms with Gasteiger partial charge in [-0.3, -0.25) is 4.79 Å². The van der Waals surface area contributed by atoms with Crippen molar-refractivity contribution in [3.8, 4) is 5.75 Å². The van der Waals surface area contributed by atoms with Crippen molar-refractivity contribution in [1.29, 1.82) is 0 Å². The molecule has 0 aliphatic heterocycles. The molecule has 4 nitrogen and oxygen atoms in total. The van der Waals surface area contributed by atoms with Gasteiger partial charge in [0.15, 0.2) is 15.6 Å². The second-order valence-corrected chi connectivity index (χ2v) is 8.74. The minimum atomic E-state index is -3.47. The molecule has 19 heavy (non-hydrogen) atoms. The van der Waals surface area contributed by atoms with Crippen molar-refractivity contribution in [2.45, 2.75) is 25.5 Å². The van der Waals surface area contributed by atoms with Gasteiger partial charge in [-0.25, -0.2) is 8.42 Å². The molecule has 0 aliphatic rings. The Labute approximate surface area is 122 Å². The van der Waals surface area contributed by atoms with Gasteiger partial charge >= 0.3 is 0 Å². The Kier molecular flexibility index (Phi) is 4.79. The van der Waals surface area contributed by atoms with E-state index in [1.807, 2.05) is 0 Å². The third kappa shape index (κ3) is 3.79. The molecular weight excluding hydrogens is 332 g/mol. The van der Waals surface area contributed by atoms with Gasteiger partial charge in [0.05, 0.1) is 16.3 Å². The summed E-state index contributed by atoms with van der Waals surface area (Å²) in [4.78, 5) is 12.0. The number of hydrogen-bond acceptors (Lipinski definition) is 4. The normalized spacial score (nSPS) is 12.3. The zero-order valence-corrected chi connectivity index (χ0v) is 13.8. The summed E-state index contributed by atoms with van der Waals surface area (Å²) < 4.78 is 28.7. The molecule has 0 saturated carbocycles. The lowest BCUT2D eigenvalue weighted by Gasteiger charge is -2.18. The predicted molar refractivity (Wildman–Crippen MR) is 78.6 cm³/mol. The number of carbonyl (C=O) groups is 1. The lowest BCUT2D eigenvalue weighted by molar-refractivity contribution is 0.102. The van der Waals surface area contributed by atoms with E-state index in [1.165, 1.54) is 7.11 Å². The number of Topliss-reactive ketones (excluding diaryl/α,β-unsaturated/α-hetero) is 1. The number of benzene rings is 1. The number of hydrogen-bond donors (Lipinski definition) is 0. The molecular formula is C13H17BrO4S. The summed E-state index contributed by atoms with van der Waals surface area (Å²) in [6.07, 6.45) is 0. The quantitative estimate of drug-likeness (QED) is 0.785. The second kappa shape index (κ2) is 5.63. The van der Waals surface area contributed by atoms with E-state index in [0.717, 1.165) is 0 Å². The topological polar surface area (TPSA) is 60.4 Å². The van der Waals surface area contributed by atoms with Crippen LogP contribution in [0.15, 0.2) is 22.7 Å². The predicted octanol–water partition coefficient (Wildman–Crippen LogP) is 2.85. The Hall–Kier alpha value is -0.880. The summed E-state index contributed by atoms with van der Waals surface area (Å²) in [5, 5.41) is 0. The molecule has 0 unspecified atom stereocenters. The lowest BCUT2D eigenvalue weighted by Crippen LogP contribution is -2.33. The van der Waals surface area contributed by atoms with Crippen molar-refractivity contribution in [3.05, 3.63) is 28.2 Å². The summed E-state index contributed by atoms with van der Waals surface area (Å²) in [5.41, 5.74) is 0.348. The molecule has 0 aliphatic carbocycles. The Morgan fingerprint density at radius 2 is 1.89 bits per heavy atom. The molecule has 0 amide bonds. The Morgan fingerprint density at radius 3 is 2.32 bits per heavy atom. The molecule has 6 heteroatoms. The van der Waals surface area contributed by atoms with E-state index in [-0.39, 0.29) is 0 Å². The van der Waals surface area contributed by atoms with Gasteiger partial charge < -0.3 is 4.74 Å². The highest BCUT2D eigenvalue weighted by atomic mass is 79.9. The van der Waals surface area contributed by atoms with E-state index in [2.05, 4.69) is 15.9 Å². The van der Waals surface area contributed by atoms with Crippen molar-refractivity contribution in [1.82, 2.24) is 0 Å². The van der Waals surface area contributed by atoms with Crippen molar-refractivity contribution >= 4 is 31.6 Å². The van der Waals surface area contributed by atoms with Gasteiger partial charge in [-0.1, -0.05) is 0 Å². The third-order valence-corrected chi connectivity index (χ3v) is 5.86. The minimum absolute atomic E-state index is 0.348. The van der Waals surface area contributed by atoms with E-state index >= 15 is 0 Å². The zero-order chi connectivity index (χ0) is 14.8. The van der Waals surface area contributed by atoms with Gasteiger partial charge in [0.25, 0.3) is 0 Å². The number of sulfone groups is 1. The molecule has 0 fully saturated rings. The molecule has 0 saturated heterocycles. The highest BCUT2D eigenvalue weighted by Crippen LogP contribution is 2.26. The molecule has 0 aromatic heterocycles. The van der Waals surface area contributed by atoms with Crippen LogP contribution in [0.3, 0.4) is 0 Å². The van der Waals surface area contributed by atoms with Gasteiger partial charge in [0.1, 0.15) is 11.5 Å². The van der Waals surface area contributed by atoms with Crippen LogP contribution >= 0.6 is 15.9 Å². The van der Waals surface area contributed by atoms with E-state index in [9.17, 15) is 13.2 Å². The van der Waals surface area contributed by atoms with Crippen molar-refractivity contribution in [3.63, 3.8) is 0 Å². The largest absolute Gasteiger partial charge is 0.496 e. The van der Waals surface area contributed by atoms with Crippen LogP contribution in [-0.4, -0.2) is 31.8 Å². The van der Waals surface area contributed by atoms with Gasteiger partial charge in [-0.05, 0) is 54.9 Å². The third-order valence-electron chi connectivity index (χ3n) is 2.73. The first kappa shape index (κ1) is 16.2. The first-order chi connectivity index (χ1) is 8.58. The molecule has 0 heterocycles. The minimum Gasteiger partial charge on any atom is -0.496 e. The van der Waals surface area contributed by atoms with Crippen LogP contribution in [0.1, 0.15) is 31.1 Å². The monoisotopic (exact) mass is 348 g/mol. The highest BCUT2D eigenvalue weighted by molar-refractivity contribution is 9.10. The van der Waals surface area contributed by atoms with E-state index in [0.29, 0.717) is 15.8 Å². The van der Waals surface area contributed by atoms with Crippen LogP contribution in [0.5, 0.6) is 5.75 Å². The maximum Gasteiger partial charge on any atom is 0.177 e. The van der Waals surface area contributed by atoms with Crippen LogP contribution in [0.4, 0.5) is 0 Å². The molecule has 0 N–H and O–H groups in total. The maximum absolute atomic E-state index is 12.0. The number of ether oxygens (including phenoxy) is 1. The average molecular weight is 349 g/mol. The molecule has 1 aromatic carbocycles. The summed E-state index contributed by atoms with van der Waals surface area (Å²) in [5.74, 6) is -0.316. The first-order valence-electron chi connectivity index (χ1n) is 5.67. The SMILES string of the molecule is COc1ccc(C(=O)CS(=O)(=O)C(C)(C)C)cc1Br. The number of rotatable bonds is 4. The maximum atomic E-state index is 12.0. The molecule has 1 aromatic rings. The molecule has 0 spiro atoms. The Balaban J connectivity index is 3.00. The summed E-state index contributed by atoms with van der Waals surface area (Å²) in [6, 6.07) is 4.75. The van der Waals surface area contributed by atoms with Crippen molar-refractivity contribution < 1.29 is 17.9 Å². The number of ketones is 1. The number of methoxy groups -OCH3 is 1.